The van der Waals surface area contributed by atoms with Gasteiger partial charge in [0.05, 0.1) is 0 Å². The number of nitrogens with one attached hydrogen (secondary N) is 2. The van der Waals surface area contributed by atoms with Crippen LogP contribution in [0.15, 0.2) is 97.1 Å². The summed E-state index contributed by atoms with van der Waals surface area (Å²) in [5, 5.41) is 6.49. The molecule has 0 bridgehead atoms. The molecule has 2 heterocycles. The lowest BCUT2D eigenvalue weighted by Crippen LogP contribution is -2.22. The Hall–Kier alpha value is -3.31. The van der Waals surface area contributed by atoms with E-state index in [9.17, 15) is 0 Å². The molecular formula is C36H45ClN4. The van der Waals surface area contributed by atoms with Crippen LogP contribution in [0.25, 0.3) is 0 Å². The lowest BCUT2D eigenvalue weighted by molar-refractivity contribution is 0.723. The van der Waals surface area contributed by atoms with Gasteiger partial charge in [0.25, 0.3) is 0 Å². The Morgan fingerprint density at radius 1 is 0.463 bits per heavy atom. The minimum atomic E-state index is 0. The van der Waals surface area contributed by atoms with Crippen molar-refractivity contribution in [1.82, 2.24) is 10.6 Å². The summed E-state index contributed by atoms with van der Waals surface area (Å²) in [6, 6.07) is 35.3. The van der Waals surface area contributed by atoms with E-state index in [0.29, 0.717) is 0 Å². The minimum absolute atomic E-state index is 0. The summed E-state index contributed by atoms with van der Waals surface area (Å²) in [4.78, 5) is 4.99. The van der Waals surface area contributed by atoms with Gasteiger partial charge in [0.15, 0.2) is 0 Å². The molecule has 41 heavy (non-hydrogen) atoms. The van der Waals surface area contributed by atoms with Crippen LogP contribution in [-0.4, -0.2) is 40.3 Å². The monoisotopic (exact) mass is 568 g/mol. The van der Waals surface area contributed by atoms with E-state index in [1.165, 1.54) is 45.0 Å². The van der Waals surface area contributed by atoms with Gasteiger partial charge < -0.3 is 20.4 Å². The summed E-state index contributed by atoms with van der Waals surface area (Å²) >= 11 is 0. The summed E-state index contributed by atoms with van der Waals surface area (Å²) < 4.78 is 0. The van der Waals surface area contributed by atoms with Crippen molar-refractivity contribution in [3.05, 3.63) is 119 Å². The standard InChI is InChI=1S/2C18H22N2.ClH/c2*1-19-13-6-14-20-17-9-4-2-7-15(17)11-12-16-8-3-5-10-18(16)20;/h2*2-5,7-10,19H,6,11-14H2,1H3;1H. The number of rotatable bonds is 8. The smallest absolute Gasteiger partial charge is 0.0443 e. The fraction of sp³-hybridized carbons (Fsp3) is 0.333. The van der Waals surface area contributed by atoms with Gasteiger partial charge >= 0.3 is 0 Å². The van der Waals surface area contributed by atoms with Crippen molar-refractivity contribution in [1.29, 1.82) is 0 Å². The highest BCUT2D eigenvalue weighted by molar-refractivity contribution is 5.85. The third-order valence-electron chi connectivity index (χ3n) is 8.07. The highest BCUT2D eigenvalue weighted by Gasteiger charge is 2.20. The third-order valence-corrected chi connectivity index (χ3v) is 8.07. The van der Waals surface area contributed by atoms with Crippen LogP contribution in [0.5, 0.6) is 0 Å². The summed E-state index contributed by atoms with van der Waals surface area (Å²) in [5.74, 6) is 0. The minimum Gasteiger partial charge on any atom is -0.341 e. The van der Waals surface area contributed by atoms with Crippen LogP contribution in [0.2, 0.25) is 0 Å². The van der Waals surface area contributed by atoms with Crippen molar-refractivity contribution in [2.24, 2.45) is 0 Å². The van der Waals surface area contributed by atoms with Crippen molar-refractivity contribution in [3.63, 3.8) is 0 Å². The van der Waals surface area contributed by atoms with Crippen LogP contribution in [0.4, 0.5) is 22.7 Å². The van der Waals surface area contributed by atoms with Crippen LogP contribution in [0.3, 0.4) is 0 Å². The second kappa shape index (κ2) is 15.6. The van der Waals surface area contributed by atoms with Gasteiger partial charge in [-0.25, -0.2) is 0 Å². The molecule has 2 aliphatic heterocycles. The van der Waals surface area contributed by atoms with E-state index in [4.69, 9.17) is 0 Å². The van der Waals surface area contributed by atoms with E-state index in [1.54, 1.807) is 0 Å². The molecule has 0 aliphatic carbocycles. The maximum absolute atomic E-state index is 3.24. The molecule has 0 radical (unpaired) electrons. The molecule has 0 saturated carbocycles. The highest BCUT2D eigenvalue weighted by atomic mass is 35.5. The van der Waals surface area contributed by atoms with E-state index >= 15 is 0 Å². The van der Waals surface area contributed by atoms with E-state index in [2.05, 4.69) is 117 Å². The van der Waals surface area contributed by atoms with Gasteiger partial charge in [-0.1, -0.05) is 72.8 Å². The predicted molar refractivity (Wildman–Crippen MR) is 179 cm³/mol. The summed E-state index contributed by atoms with van der Waals surface area (Å²) in [6.45, 7) is 4.24. The largest absolute Gasteiger partial charge is 0.341 e. The van der Waals surface area contributed by atoms with Crippen LogP contribution < -0.4 is 20.4 Å². The van der Waals surface area contributed by atoms with Gasteiger partial charge in [0, 0.05) is 35.8 Å². The second-order valence-corrected chi connectivity index (χ2v) is 10.7. The fourth-order valence-corrected chi connectivity index (χ4v) is 6.05. The molecule has 0 fully saturated rings. The number of anilines is 4. The van der Waals surface area contributed by atoms with Crippen molar-refractivity contribution < 1.29 is 0 Å². The Morgan fingerprint density at radius 2 is 0.732 bits per heavy atom. The van der Waals surface area contributed by atoms with Gasteiger partial charge in [-0.2, -0.15) is 0 Å². The zero-order chi connectivity index (χ0) is 27.6. The molecule has 4 aromatic rings. The molecule has 4 nitrogen and oxygen atoms in total. The molecule has 0 amide bonds. The van der Waals surface area contributed by atoms with Crippen molar-refractivity contribution >= 4 is 35.2 Å². The van der Waals surface area contributed by atoms with E-state index in [-0.39, 0.29) is 12.4 Å². The Bertz CT molecular complexity index is 1170. The van der Waals surface area contributed by atoms with Crippen LogP contribution in [-0.2, 0) is 25.7 Å². The van der Waals surface area contributed by atoms with Gasteiger partial charge in [0.1, 0.15) is 0 Å². The van der Waals surface area contributed by atoms with Gasteiger partial charge in [-0.15, -0.1) is 12.4 Å². The Kier molecular flexibility index (Phi) is 11.7. The molecule has 0 saturated heterocycles. The summed E-state index contributed by atoms with van der Waals surface area (Å²) in [6.07, 6.45) is 6.84. The number of para-hydroxylation sites is 4. The second-order valence-electron chi connectivity index (χ2n) is 10.7. The summed E-state index contributed by atoms with van der Waals surface area (Å²) in [5.41, 5.74) is 11.4. The molecule has 0 spiro atoms. The molecule has 5 heteroatoms. The van der Waals surface area contributed by atoms with E-state index in [0.717, 1.165) is 64.7 Å². The normalized spacial score (nSPS) is 13.2. The molecule has 4 aromatic carbocycles. The first-order chi connectivity index (χ1) is 19.8. The summed E-state index contributed by atoms with van der Waals surface area (Å²) in [7, 11) is 4.04. The maximum atomic E-state index is 3.24. The van der Waals surface area contributed by atoms with Crippen molar-refractivity contribution in [2.75, 3.05) is 50.1 Å². The number of hydrogen-bond donors (Lipinski definition) is 2. The first-order valence-electron chi connectivity index (χ1n) is 15.0. The Labute approximate surface area is 253 Å². The fourth-order valence-electron chi connectivity index (χ4n) is 6.05. The van der Waals surface area contributed by atoms with Gasteiger partial charge in [-0.3, -0.25) is 0 Å². The van der Waals surface area contributed by atoms with Crippen molar-refractivity contribution in [2.45, 2.75) is 38.5 Å². The SMILES string of the molecule is CNCCCN1c2ccccc2CCc2ccccc21.CNCCCN1c2ccccc2CCc2ccccc21.Cl. The number of halogens is 1. The average Bonchev–Trinajstić information content (AvgIpc) is 3.27. The molecule has 216 valence electrons. The first kappa shape index (κ1) is 30.6. The number of nitrogens with zero attached hydrogens (tertiary/aromatic N) is 2. The first-order valence-corrected chi connectivity index (χ1v) is 15.0. The number of fused-ring (bicyclic) bond motifs is 4. The molecule has 0 aromatic heterocycles. The number of hydrogen-bond acceptors (Lipinski definition) is 4. The molecule has 6 rings (SSSR count). The van der Waals surface area contributed by atoms with E-state index < -0.39 is 0 Å². The molecule has 0 unspecified atom stereocenters. The Morgan fingerprint density at radius 3 is 1.00 bits per heavy atom. The number of aryl methyl sites for hydroxylation is 4. The molecule has 0 atom stereocenters. The van der Waals surface area contributed by atoms with Crippen molar-refractivity contribution in [3.8, 4) is 0 Å². The topological polar surface area (TPSA) is 30.5 Å². The van der Waals surface area contributed by atoms with Crippen LogP contribution in [0, 0.1) is 0 Å². The molecule has 2 N–H and O–H groups in total. The number of benzene rings is 4. The predicted octanol–water partition coefficient (Wildman–Crippen LogP) is 7.49. The van der Waals surface area contributed by atoms with Crippen LogP contribution >= 0.6 is 12.4 Å². The zero-order valence-electron chi connectivity index (χ0n) is 24.6. The lowest BCUT2D eigenvalue weighted by atomic mass is 10.0. The average molecular weight is 569 g/mol. The quantitative estimate of drug-likeness (QED) is 0.216. The van der Waals surface area contributed by atoms with Crippen LogP contribution in [0.1, 0.15) is 35.1 Å². The zero-order valence-corrected chi connectivity index (χ0v) is 25.4. The highest BCUT2D eigenvalue weighted by Crippen LogP contribution is 2.37. The lowest BCUT2D eigenvalue weighted by Gasteiger charge is -2.27. The third kappa shape index (κ3) is 7.51. The molecule has 2 aliphatic rings. The van der Waals surface area contributed by atoms with Gasteiger partial charge in [-0.05, 0) is 112 Å². The maximum Gasteiger partial charge on any atom is 0.0443 e. The Balaban J connectivity index is 0.000000184. The van der Waals surface area contributed by atoms with Gasteiger partial charge in [0.2, 0.25) is 0 Å². The molecular weight excluding hydrogens is 524 g/mol. The van der Waals surface area contributed by atoms with E-state index in [1.807, 2.05) is 14.1 Å².